The van der Waals surface area contributed by atoms with Gasteiger partial charge < -0.3 is 9.73 Å². The van der Waals surface area contributed by atoms with Crippen molar-refractivity contribution in [3.05, 3.63) is 23.7 Å². The third-order valence-electron chi connectivity index (χ3n) is 3.12. The molecule has 0 bridgehead atoms. The molecule has 1 unspecified atom stereocenters. The van der Waals surface area contributed by atoms with E-state index in [1.807, 2.05) is 0 Å². The first-order chi connectivity index (χ1) is 8.76. The molecule has 3 heteroatoms. The molecule has 0 aliphatic rings. The Morgan fingerprint density at radius 3 is 2.72 bits per heavy atom. The van der Waals surface area contributed by atoms with Crippen LogP contribution in [0.4, 0.5) is 0 Å². The third-order valence-corrected chi connectivity index (χ3v) is 3.69. The topological polar surface area (TPSA) is 25.2 Å². The second-order valence-corrected chi connectivity index (χ2v) is 5.80. The van der Waals surface area contributed by atoms with E-state index in [0.29, 0.717) is 6.04 Å². The summed E-state index contributed by atoms with van der Waals surface area (Å²) in [4.78, 5) is 0. The molecular weight excluding hydrogens is 242 g/mol. The Kier molecular flexibility index (Phi) is 8.27. The molecule has 0 radical (unpaired) electrons. The van der Waals surface area contributed by atoms with Crippen LogP contribution in [-0.2, 0) is 12.3 Å². The lowest BCUT2D eigenvalue weighted by Crippen LogP contribution is -2.25. The highest BCUT2D eigenvalue weighted by molar-refractivity contribution is 7.97. The molecule has 0 spiro atoms. The van der Waals surface area contributed by atoms with Crippen molar-refractivity contribution in [3.63, 3.8) is 0 Å². The molecule has 1 heterocycles. The van der Waals surface area contributed by atoms with Crippen LogP contribution in [-0.4, -0.2) is 12.3 Å². The van der Waals surface area contributed by atoms with Gasteiger partial charge in [-0.25, -0.2) is 0 Å². The van der Waals surface area contributed by atoms with Gasteiger partial charge in [0.25, 0.3) is 0 Å². The van der Waals surface area contributed by atoms with Crippen LogP contribution < -0.4 is 5.32 Å². The Bertz CT molecular complexity index is 311. The van der Waals surface area contributed by atoms with Gasteiger partial charge in [-0.15, -0.1) is 0 Å². The fourth-order valence-corrected chi connectivity index (χ4v) is 2.43. The number of nitrogens with one attached hydrogen (secondary N) is 1. The Balaban J connectivity index is 2.14. The SMILES string of the molecule is CCCCCCC(C)NCc1ccc(CSC)o1. The maximum atomic E-state index is 5.73. The minimum atomic E-state index is 0.580. The molecule has 1 aromatic rings. The standard InChI is InChI=1S/C15H27NOS/c1-4-5-6-7-8-13(2)16-11-14-9-10-15(17-14)12-18-3/h9-10,13,16H,4-8,11-12H2,1-3H3. The van der Waals surface area contributed by atoms with Gasteiger partial charge in [0.15, 0.2) is 0 Å². The molecule has 104 valence electrons. The fourth-order valence-electron chi connectivity index (χ4n) is 1.99. The van der Waals surface area contributed by atoms with Crippen molar-refractivity contribution in [2.24, 2.45) is 0 Å². The first kappa shape index (κ1) is 15.6. The molecule has 1 aromatic heterocycles. The summed E-state index contributed by atoms with van der Waals surface area (Å²) in [5.41, 5.74) is 0. The van der Waals surface area contributed by atoms with Crippen molar-refractivity contribution in [1.82, 2.24) is 5.32 Å². The largest absolute Gasteiger partial charge is 0.464 e. The van der Waals surface area contributed by atoms with Gasteiger partial charge in [0, 0.05) is 6.04 Å². The lowest BCUT2D eigenvalue weighted by atomic mass is 10.1. The summed E-state index contributed by atoms with van der Waals surface area (Å²) in [6.45, 7) is 5.37. The lowest BCUT2D eigenvalue weighted by Gasteiger charge is -2.12. The molecule has 2 nitrogen and oxygen atoms in total. The monoisotopic (exact) mass is 269 g/mol. The fraction of sp³-hybridized carbons (Fsp3) is 0.733. The van der Waals surface area contributed by atoms with Gasteiger partial charge in [-0.2, -0.15) is 11.8 Å². The number of thioether (sulfide) groups is 1. The minimum Gasteiger partial charge on any atom is -0.464 e. The zero-order valence-electron chi connectivity index (χ0n) is 12.0. The molecule has 0 saturated heterocycles. The summed E-state index contributed by atoms with van der Waals surface area (Å²) in [6.07, 6.45) is 8.73. The van der Waals surface area contributed by atoms with E-state index in [1.54, 1.807) is 11.8 Å². The number of furan rings is 1. The van der Waals surface area contributed by atoms with Gasteiger partial charge in [-0.3, -0.25) is 0 Å². The highest BCUT2D eigenvalue weighted by atomic mass is 32.2. The first-order valence-corrected chi connectivity index (χ1v) is 8.45. The van der Waals surface area contributed by atoms with Crippen LogP contribution in [0.5, 0.6) is 0 Å². The van der Waals surface area contributed by atoms with Crippen LogP contribution in [0.25, 0.3) is 0 Å². The van der Waals surface area contributed by atoms with Crippen LogP contribution >= 0.6 is 11.8 Å². The van der Waals surface area contributed by atoms with Crippen molar-refractivity contribution >= 4 is 11.8 Å². The van der Waals surface area contributed by atoms with Gasteiger partial charge in [-0.05, 0) is 31.7 Å². The van der Waals surface area contributed by atoms with Crippen molar-refractivity contribution in [1.29, 1.82) is 0 Å². The Morgan fingerprint density at radius 1 is 1.22 bits per heavy atom. The van der Waals surface area contributed by atoms with Crippen molar-refractivity contribution in [2.45, 2.75) is 64.3 Å². The summed E-state index contributed by atoms with van der Waals surface area (Å²) in [7, 11) is 0. The third kappa shape index (κ3) is 6.50. The van der Waals surface area contributed by atoms with E-state index in [9.17, 15) is 0 Å². The molecule has 1 atom stereocenters. The molecule has 1 rings (SSSR count). The van der Waals surface area contributed by atoms with Crippen molar-refractivity contribution < 1.29 is 4.42 Å². The van der Waals surface area contributed by atoms with E-state index in [0.717, 1.165) is 23.8 Å². The van der Waals surface area contributed by atoms with Crippen molar-refractivity contribution in [3.8, 4) is 0 Å². The summed E-state index contributed by atoms with van der Waals surface area (Å²) in [6, 6.07) is 4.75. The lowest BCUT2D eigenvalue weighted by molar-refractivity contribution is 0.422. The average Bonchev–Trinajstić information content (AvgIpc) is 2.80. The quantitative estimate of drug-likeness (QED) is 0.629. The van der Waals surface area contributed by atoms with Crippen LogP contribution in [0, 0.1) is 0 Å². The molecule has 0 aromatic carbocycles. The van der Waals surface area contributed by atoms with Gasteiger partial charge >= 0.3 is 0 Å². The van der Waals surface area contributed by atoms with E-state index in [2.05, 4.69) is 37.6 Å². The van der Waals surface area contributed by atoms with Crippen LogP contribution in [0.1, 0.15) is 57.5 Å². The van der Waals surface area contributed by atoms with E-state index in [1.165, 1.54) is 32.1 Å². The van der Waals surface area contributed by atoms with Crippen LogP contribution in [0.3, 0.4) is 0 Å². The Labute approximate surface area is 116 Å². The number of unbranched alkanes of at least 4 members (excludes halogenated alkanes) is 3. The summed E-state index contributed by atoms with van der Waals surface area (Å²) < 4.78 is 5.73. The van der Waals surface area contributed by atoms with E-state index < -0.39 is 0 Å². The van der Waals surface area contributed by atoms with Gasteiger partial charge in [0.05, 0.1) is 12.3 Å². The zero-order chi connectivity index (χ0) is 13.2. The number of hydrogen-bond donors (Lipinski definition) is 1. The normalized spacial score (nSPS) is 12.8. The molecule has 0 aliphatic carbocycles. The molecule has 1 N–H and O–H groups in total. The predicted molar refractivity (Wildman–Crippen MR) is 81.0 cm³/mol. The van der Waals surface area contributed by atoms with Gasteiger partial charge in [-0.1, -0.05) is 32.6 Å². The van der Waals surface area contributed by atoms with Crippen molar-refractivity contribution in [2.75, 3.05) is 6.26 Å². The Morgan fingerprint density at radius 2 is 2.00 bits per heavy atom. The molecule has 0 amide bonds. The molecular formula is C15H27NOS. The second kappa shape index (κ2) is 9.51. The van der Waals surface area contributed by atoms with Crippen LogP contribution in [0.2, 0.25) is 0 Å². The zero-order valence-corrected chi connectivity index (χ0v) is 12.8. The highest BCUT2D eigenvalue weighted by Gasteiger charge is 2.04. The van der Waals surface area contributed by atoms with E-state index in [4.69, 9.17) is 4.42 Å². The summed E-state index contributed by atoms with van der Waals surface area (Å²) in [5, 5.41) is 3.53. The molecule has 18 heavy (non-hydrogen) atoms. The molecule has 0 aliphatic heterocycles. The van der Waals surface area contributed by atoms with E-state index >= 15 is 0 Å². The summed E-state index contributed by atoms with van der Waals surface area (Å²) >= 11 is 1.79. The molecule has 0 fully saturated rings. The second-order valence-electron chi connectivity index (χ2n) is 4.93. The Hall–Kier alpha value is -0.410. The summed E-state index contributed by atoms with van der Waals surface area (Å²) in [5.74, 6) is 3.10. The van der Waals surface area contributed by atoms with Crippen LogP contribution in [0.15, 0.2) is 16.5 Å². The number of hydrogen-bond acceptors (Lipinski definition) is 3. The van der Waals surface area contributed by atoms with Gasteiger partial charge in [0.2, 0.25) is 0 Å². The first-order valence-electron chi connectivity index (χ1n) is 7.06. The maximum absolute atomic E-state index is 5.73. The van der Waals surface area contributed by atoms with E-state index in [-0.39, 0.29) is 0 Å². The number of rotatable bonds is 10. The predicted octanol–water partition coefficient (Wildman–Crippen LogP) is 4.59. The highest BCUT2D eigenvalue weighted by Crippen LogP contribution is 2.13. The average molecular weight is 269 g/mol. The van der Waals surface area contributed by atoms with Gasteiger partial charge in [0.1, 0.15) is 11.5 Å². The maximum Gasteiger partial charge on any atom is 0.118 e. The molecule has 0 saturated carbocycles. The smallest absolute Gasteiger partial charge is 0.118 e. The minimum absolute atomic E-state index is 0.580.